The Morgan fingerprint density at radius 2 is 1.82 bits per heavy atom. The second kappa shape index (κ2) is 9.52. The van der Waals surface area contributed by atoms with Gasteiger partial charge in [-0.2, -0.15) is 5.10 Å². The summed E-state index contributed by atoms with van der Waals surface area (Å²) < 4.78 is 9.31. The summed E-state index contributed by atoms with van der Waals surface area (Å²) in [6.07, 6.45) is 6.83. The number of aromatic nitrogens is 3. The van der Waals surface area contributed by atoms with Crippen LogP contribution in [0.3, 0.4) is 0 Å². The lowest BCUT2D eigenvalue weighted by Crippen LogP contribution is -2.42. The standard InChI is InChI=1S/C25H31N5O3/c1-25(2,3)33-24(32)28-16-11-20(12-17-28)29-14-6-10-22(29)23(31)26-18-19-8-4-5-9-21(19)30-15-7-13-27-30/h4-10,13-15,20H,11-12,16-18H2,1-3H3,(H,26,31). The first-order valence-electron chi connectivity index (χ1n) is 11.3. The number of carbonyl (C=O) groups is 2. The molecule has 1 aromatic carbocycles. The minimum Gasteiger partial charge on any atom is -0.444 e. The molecular formula is C25H31N5O3. The van der Waals surface area contributed by atoms with Gasteiger partial charge in [-0.15, -0.1) is 0 Å². The average molecular weight is 450 g/mol. The second-order valence-electron chi connectivity index (χ2n) is 9.26. The fourth-order valence-electron chi connectivity index (χ4n) is 4.12. The lowest BCUT2D eigenvalue weighted by molar-refractivity contribution is 0.0187. The van der Waals surface area contributed by atoms with E-state index in [1.54, 1.807) is 15.8 Å². The van der Waals surface area contributed by atoms with E-state index in [1.165, 1.54) is 0 Å². The number of hydrogen-bond donors (Lipinski definition) is 1. The van der Waals surface area contributed by atoms with Crippen molar-refractivity contribution in [2.75, 3.05) is 13.1 Å². The Kier molecular flexibility index (Phi) is 6.53. The van der Waals surface area contributed by atoms with Gasteiger partial charge in [0.15, 0.2) is 0 Å². The zero-order valence-corrected chi connectivity index (χ0v) is 19.4. The summed E-state index contributed by atoms with van der Waals surface area (Å²) in [5.41, 5.74) is 2.05. The number of ether oxygens (including phenoxy) is 1. The van der Waals surface area contributed by atoms with Crippen molar-refractivity contribution in [3.63, 3.8) is 0 Å². The van der Waals surface area contributed by atoms with Crippen molar-refractivity contribution < 1.29 is 14.3 Å². The van der Waals surface area contributed by atoms with Gasteiger partial charge in [0.1, 0.15) is 11.3 Å². The van der Waals surface area contributed by atoms with Crippen molar-refractivity contribution >= 4 is 12.0 Å². The van der Waals surface area contributed by atoms with Crippen LogP contribution >= 0.6 is 0 Å². The molecule has 1 saturated heterocycles. The van der Waals surface area contributed by atoms with Crippen molar-refractivity contribution in [3.8, 4) is 5.69 Å². The molecule has 2 aromatic heterocycles. The van der Waals surface area contributed by atoms with Crippen LogP contribution < -0.4 is 5.32 Å². The lowest BCUT2D eigenvalue weighted by Gasteiger charge is -2.34. The highest BCUT2D eigenvalue weighted by molar-refractivity contribution is 5.92. The van der Waals surface area contributed by atoms with Crippen LogP contribution in [0.15, 0.2) is 61.1 Å². The van der Waals surface area contributed by atoms with Crippen LogP contribution in [0.5, 0.6) is 0 Å². The highest BCUT2D eigenvalue weighted by atomic mass is 16.6. The molecule has 0 atom stereocenters. The average Bonchev–Trinajstić information content (AvgIpc) is 3.49. The van der Waals surface area contributed by atoms with Gasteiger partial charge in [0.25, 0.3) is 5.91 Å². The van der Waals surface area contributed by atoms with Crippen molar-refractivity contribution in [1.29, 1.82) is 0 Å². The van der Waals surface area contributed by atoms with Gasteiger partial charge in [0.2, 0.25) is 0 Å². The predicted octanol–water partition coefficient (Wildman–Crippen LogP) is 4.18. The van der Waals surface area contributed by atoms with Gasteiger partial charge in [-0.1, -0.05) is 18.2 Å². The topological polar surface area (TPSA) is 81.4 Å². The molecule has 1 aliphatic heterocycles. The summed E-state index contributed by atoms with van der Waals surface area (Å²) in [4.78, 5) is 27.1. The van der Waals surface area contributed by atoms with E-state index >= 15 is 0 Å². The van der Waals surface area contributed by atoms with Gasteiger partial charge in [-0.05, 0) is 63.4 Å². The van der Waals surface area contributed by atoms with Crippen LogP contribution in [0.2, 0.25) is 0 Å². The number of hydrogen-bond acceptors (Lipinski definition) is 4. The molecule has 0 aliphatic carbocycles. The molecule has 1 N–H and O–H groups in total. The largest absolute Gasteiger partial charge is 0.444 e. The third kappa shape index (κ3) is 5.45. The van der Waals surface area contributed by atoms with Gasteiger partial charge in [-0.25, -0.2) is 9.48 Å². The molecule has 33 heavy (non-hydrogen) atoms. The third-order valence-corrected chi connectivity index (χ3v) is 5.70. The molecule has 8 heteroatoms. The summed E-state index contributed by atoms with van der Waals surface area (Å²) in [7, 11) is 0. The van der Waals surface area contributed by atoms with Crippen molar-refractivity contribution in [2.45, 2.75) is 51.8 Å². The fourth-order valence-corrected chi connectivity index (χ4v) is 4.12. The quantitative estimate of drug-likeness (QED) is 0.634. The Morgan fingerprint density at radius 1 is 1.06 bits per heavy atom. The fraction of sp³-hybridized carbons (Fsp3) is 0.400. The Morgan fingerprint density at radius 3 is 2.52 bits per heavy atom. The second-order valence-corrected chi connectivity index (χ2v) is 9.26. The van der Waals surface area contributed by atoms with Crippen LogP contribution in [0.4, 0.5) is 4.79 Å². The minimum atomic E-state index is -0.504. The van der Waals surface area contributed by atoms with Crippen molar-refractivity contribution in [2.24, 2.45) is 0 Å². The molecule has 3 aromatic rings. The molecule has 3 heterocycles. The third-order valence-electron chi connectivity index (χ3n) is 5.70. The predicted molar refractivity (Wildman–Crippen MR) is 125 cm³/mol. The molecule has 1 fully saturated rings. The maximum absolute atomic E-state index is 13.0. The van der Waals surface area contributed by atoms with E-state index < -0.39 is 5.60 Å². The molecule has 0 unspecified atom stereocenters. The highest BCUT2D eigenvalue weighted by Crippen LogP contribution is 2.26. The van der Waals surface area contributed by atoms with Crippen molar-refractivity contribution in [1.82, 2.24) is 24.6 Å². The number of rotatable bonds is 5. The van der Waals surface area contributed by atoms with E-state index in [0.29, 0.717) is 25.3 Å². The first kappa shape index (κ1) is 22.6. The first-order valence-corrected chi connectivity index (χ1v) is 11.3. The number of likely N-dealkylation sites (tertiary alicyclic amines) is 1. The number of amides is 2. The van der Waals surface area contributed by atoms with Gasteiger partial charge >= 0.3 is 6.09 Å². The molecule has 0 saturated carbocycles. The summed E-state index contributed by atoms with van der Waals surface area (Å²) in [5, 5.41) is 7.35. The monoisotopic (exact) mass is 449 g/mol. The van der Waals surface area contributed by atoms with Gasteiger partial charge < -0.3 is 19.5 Å². The smallest absolute Gasteiger partial charge is 0.410 e. The van der Waals surface area contributed by atoms with E-state index in [-0.39, 0.29) is 18.0 Å². The van der Waals surface area contributed by atoms with Crippen LogP contribution in [0.1, 0.15) is 55.7 Å². The highest BCUT2D eigenvalue weighted by Gasteiger charge is 2.28. The Balaban J connectivity index is 1.38. The Labute approximate surface area is 194 Å². The first-order chi connectivity index (χ1) is 15.8. The molecule has 4 rings (SSSR count). The molecule has 174 valence electrons. The minimum absolute atomic E-state index is 0.121. The number of nitrogens with one attached hydrogen (secondary N) is 1. The number of piperidine rings is 1. The van der Waals surface area contributed by atoms with E-state index in [9.17, 15) is 9.59 Å². The van der Waals surface area contributed by atoms with Crippen LogP contribution in [0.25, 0.3) is 5.69 Å². The number of nitrogens with zero attached hydrogens (tertiary/aromatic N) is 4. The zero-order chi connectivity index (χ0) is 23.4. The van der Waals surface area contributed by atoms with Gasteiger partial charge in [-0.3, -0.25) is 4.79 Å². The molecule has 8 nitrogen and oxygen atoms in total. The summed E-state index contributed by atoms with van der Waals surface area (Å²) >= 11 is 0. The Hall–Kier alpha value is -3.55. The normalized spacial score (nSPS) is 14.8. The van der Waals surface area contributed by atoms with Crippen LogP contribution in [-0.2, 0) is 11.3 Å². The molecule has 0 radical (unpaired) electrons. The summed E-state index contributed by atoms with van der Waals surface area (Å²) in [5.74, 6) is -0.121. The Bertz CT molecular complexity index is 1090. The molecular weight excluding hydrogens is 418 g/mol. The van der Waals surface area contributed by atoms with Crippen LogP contribution in [0, 0.1) is 0 Å². The number of benzene rings is 1. The number of para-hydroxylation sites is 1. The van der Waals surface area contributed by atoms with Gasteiger partial charge in [0.05, 0.1) is 5.69 Å². The summed E-state index contributed by atoms with van der Waals surface area (Å²) in [6.45, 7) is 7.23. The van der Waals surface area contributed by atoms with E-state index in [0.717, 1.165) is 24.1 Å². The number of carbonyl (C=O) groups excluding carboxylic acids is 2. The zero-order valence-electron chi connectivity index (χ0n) is 19.4. The molecule has 2 amide bonds. The molecule has 0 bridgehead atoms. The maximum Gasteiger partial charge on any atom is 0.410 e. The lowest BCUT2D eigenvalue weighted by atomic mass is 10.0. The van der Waals surface area contributed by atoms with E-state index in [1.807, 2.05) is 80.2 Å². The van der Waals surface area contributed by atoms with Crippen LogP contribution in [-0.4, -0.2) is 49.9 Å². The molecule has 0 spiro atoms. The SMILES string of the molecule is CC(C)(C)OC(=O)N1CCC(n2cccc2C(=O)NCc2ccccc2-n2cccn2)CC1. The summed E-state index contributed by atoms with van der Waals surface area (Å²) in [6, 6.07) is 13.7. The molecule has 1 aliphatic rings. The van der Waals surface area contributed by atoms with E-state index in [2.05, 4.69) is 10.4 Å². The van der Waals surface area contributed by atoms with Crippen molar-refractivity contribution in [3.05, 3.63) is 72.3 Å². The maximum atomic E-state index is 13.0. The van der Waals surface area contributed by atoms with E-state index in [4.69, 9.17) is 4.74 Å². The van der Waals surface area contributed by atoms with Gasteiger partial charge in [0, 0.05) is 44.3 Å².